The van der Waals surface area contributed by atoms with Gasteiger partial charge in [0.2, 0.25) is 0 Å². The SMILES string of the molecule is CCOC(=O)c1c(F)cc(F)cc1C(F)F. The van der Waals surface area contributed by atoms with Gasteiger partial charge in [0.1, 0.15) is 17.2 Å². The molecule has 1 aromatic rings. The molecule has 0 aromatic heterocycles. The molecule has 1 aromatic carbocycles. The lowest BCUT2D eigenvalue weighted by Gasteiger charge is -2.09. The first-order valence-electron chi connectivity index (χ1n) is 4.41. The van der Waals surface area contributed by atoms with Crippen molar-refractivity contribution in [3.05, 3.63) is 34.9 Å². The number of carbonyl (C=O) groups is 1. The third-order valence-corrected chi connectivity index (χ3v) is 1.80. The number of hydrogen-bond acceptors (Lipinski definition) is 2. The van der Waals surface area contributed by atoms with Crippen molar-refractivity contribution in [2.45, 2.75) is 13.3 Å². The molecule has 0 radical (unpaired) electrons. The zero-order valence-corrected chi connectivity index (χ0v) is 8.27. The number of benzene rings is 1. The Hall–Kier alpha value is -1.59. The van der Waals surface area contributed by atoms with Crippen LogP contribution in [0, 0.1) is 11.6 Å². The molecule has 2 nitrogen and oxygen atoms in total. The summed E-state index contributed by atoms with van der Waals surface area (Å²) in [6.45, 7) is 1.36. The predicted octanol–water partition coefficient (Wildman–Crippen LogP) is 3.08. The number of halogens is 4. The molecule has 16 heavy (non-hydrogen) atoms. The summed E-state index contributed by atoms with van der Waals surface area (Å²) in [5.74, 6) is -3.75. The van der Waals surface area contributed by atoms with Gasteiger partial charge in [0, 0.05) is 11.6 Å². The Bertz CT molecular complexity index is 404. The van der Waals surface area contributed by atoms with E-state index < -0.39 is 35.2 Å². The van der Waals surface area contributed by atoms with Gasteiger partial charge in [-0.25, -0.2) is 22.4 Å². The average molecular weight is 236 g/mol. The van der Waals surface area contributed by atoms with Crippen molar-refractivity contribution in [2.75, 3.05) is 6.61 Å². The molecule has 0 fully saturated rings. The van der Waals surface area contributed by atoms with Crippen molar-refractivity contribution >= 4 is 5.97 Å². The van der Waals surface area contributed by atoms with Crippen LogP contribution in [0.15, 0.2) is 12.1 Å². The molecule has 0 spiro atoms. The second-order valence-electron chi connectivity index (χ2n) is 2.87. The minimum Gasteiger partial charge on any atom is -0.462 e. The third-order valence-electron chi connectivity index (χ3n) is 1.80. The molecular formula is C10H8F4O2. The Kier molecular flexibility index (Phi) is 3.87. The van der Waals surface area contributed by atoms with Crippen LogP contribution in [0.4, 0.5) is 17.6 Å². The van der Waals surface area contributed by atoms with Crippen molar-refractivity contribution < 1.29 is 27.1 Å². The van der Waals surface area contributed by atoms with Gasteiger partial charge >= 0.3 is 5.97 Å². The van der Waals surface area contributed by atoms with Gasteiger partial charge < -0.3 is 4.74 Å². The minimum atomic E-state index is -3.15. The number of carbonyl (C=O) groups excluding carboxylic acids is 1. The zero-order chi connectivity index (χ0) is 12.3. The van der Waals surface area contributed by atoms with E-state index in [0.29, 0.717) is 12.1 Å². The molecule has 0 aliphatic rings. The van der Waals surface area contributed by atoms with Gasteiger partial charge in [-0.3, -0.25) is 0 Å². The summed E-state index contributed by atoms with van der Waals surface area (Å²) < 4.78 is 55.2. The Balaban J connectivity index is 3.29. The monoisotopic (exact) mass is 236 g/mol. The Morgan fingerprint density at radius 3 is 2.50 bits per heavy atom. The van der Waals surface area contributed by atoms with Crippen LogP contribution in [0.1, 0.15) is 29.3 Å². The number of ether oxygens (including phenoxy) is 1. The van der Waals surface area contributed by atoms with Gasteiger partial charge in [0.25, 0.3) is 6.43 Å². The maximum atomic E-state index is 13.2. The topological polar surface area (TPSA) is 26.3 Å². The van der Waals surface area contributed by atoms with Crippen LogP contribution in [0.3, 0.4) is 0 Å². The standard InChI is InChI=1S/C10H8F4O2/c1-2-16-10(15)8-6(9(13)14)3-5(11)4-7(8)12/h3-4,9H,2H2,1H3. The highest BCUT2D eigenvalue weighted by atomic mass is 19.3. The van der Waals surface area contributed by atoms with E-state index in [4.69, 9.17) is 0 Å². The van der Waals surface area contributed by atoms with Gasteiger partial charge in [-0.15, -0.1) is 0 Å². The van der Waals surface area contributed by atoms with Crippen molar-refractivity contribution in [3.8, 4) is 0 Å². The summed E-state index contributed by atoms with van der Waals surface area (Å²) in [5, 5.41) is 0. The van der Waals surface area contributed by atoms with E-state index in [1.54, 1.807) is 0 Å². The number of esters is 1. The number of hydrogen-bond donors (Lipinski definition) is 0. The fourth-order valence-electron chi connectivity index (χ4n) is 1.18. The van der Waals surface area contributed by atoms with E-state index >= 15 is 0 Å². The summed E-state index contributed by atoms with van der Waals surface area (Å²) >= 11 is 0. The van der Waals surface area contributed by atoms with E-state index in [1.165, 1.54) is 6.92 Å². The van der Waals surface area contributed by atoms with E-state index in [9.17, 15) is 22.4 Å². The largest absolute Gasteiger partial charge is 0.462 e. The summed E-state index contributed by atoms with van der Waals surface area (Å²) in [6.07, 6.45) is -3.15. The predicted molar refractivity (Wildman–Crippen MR) is 47.3 cm³/mol. The molecule has 0 N–H and O–H groups in total. The lowest BCUT2D eigenvalue weighted by molar-refractivity contribution is 0.0509. The van der Waals surface area contributed by atoms with Crippen molar-refractivity contribution in [3.63, 3.8) is 0 Å². The van der Waals surface area contributed by atoms with Crippen molar-refractivity contribution in [1.82, 2.24) is 0 Å². The third kappa shape index (κ3) is 2.50. The van der Waals surface area contributed by atoms with Gasteiger partial charge in [0.05, 0.1) is 6.61 Å². The molecule has 0 unspecified atom stereocenters. The highest BCUT2D eigenvalue weighted by Crippen LogP contribution is 2.26. The van der Waals surface area contributed by atoms with Crippen LogP contribution in [0.5, 0.6) is 0 Å². The summed E-state index contributed by atoms with van der Waals surface area (Å²) in [5.41, 5.74) is -1.92. The molecule has 0 saturated carbocycles. The van der Waals surface area contributed by atoms with Crippen LogP contribution in [0.25, 0.3) is 0 Å². The van der Waals surface area contributed by atoms with Gasteiger partial charge in [-0.2, -0.15) is 0 Å². The minimum absolute atomic E-state index is 0.0850. The number of rotatable bonds is 3. The van der Waals surface area contributed by atoms with Crippen LogP contribution in [-0.2, 0) is 4.74 Å². The van der Waals surface area contributed by atoms with Crippen LogP contribution < -0.4 is 0 Å². The maximum absolute atomic E-state index is 13.2. The van der Waals surface area contributed by atoms with E-state index in [2.05, 4.69) is 4.74 Å². The molecule has 0 bridgehead atoms. The molecule has 0 aliphatic heterocycles. The lowest BCUT2D eigenvalue weighted by Crippen LogP contribution is -2.11. The molecule has 0 heterocycles. The summed E-state index contributed by atoms with van der Waals surface area (Å²) in [4.78, 5) is 11.2. The molecule has 0 saturated heterocycles. The molecule has 0 aliphatic carbocycles. The second-order valence-corrected chi connectivity index (χ2v) is 2.87. The molecule has 1 rings (SSSR count). The fourth-order valence-corrected chi connectivity index (χ4v) is 1.18. The van der Waals surface area contributed by atoms with Crippen molar-refractivity contribution in [1.29, 1.82) is 0 Å². The van der Waals surface area contributed by atoms with Crippen LogP contribution >= 0.6 is 0 Å². The highest BCUT2D eigenvalue weighted by molar-refractivity contribution is 5.91. The van der Waals surface area contributed by atoms with Crippen molar-refractivity contribution in [2.24, 2.45) is 0 Å². The Morgan fingerprint density at radius 1 is 1.38 bits per heavy atom. The summed E-state index contributed by atoms with van der Waals surface area (Å²) in [7, 11) is 0. The van der Waals surface area contributed by atoms with E-state index in [1.807, 2.05) is 0 Å². The number of alkyl halides is 2. The average Bonchev–Trinajstić information content (AvgIpc) is 2.16. The van der Waals surface area contributed by atoms with Crippen LogP contribution in [-0.4, -0.2) is 12.6 Å². The van der Waals surface area contributed by atoms with E-state index in [0.717, 1.165) is 0 Å². The Labute approximate surface area is 88.8 Å². The van der Waals surface area contributed by atoms with Gasteiger partial charge in [-0.1, -0.05) is 0 Å². The first kappa shape index (κ1) is 12.5. The fraction of sp³-hybridized carbons (Fsp3) is 0.300. The molecular weight excluding hydrogens is 228 g/mol. The van der Waals surface area contributed by atoms with E-state index in [-0.39, 0.29) is 6.61 Å². The van der Waals surface area contributed by atoms with Crippen LogP contribution in [0.2, 0.25) is 0 Å². The first-order valence-corrected chi connectivity index (χ1v) is 4.41. The zero-order valence-electron chi connectivity index (χ0n) is 8.27. The normalized spacial score (nSPS) is 10.6. The maximum Gasteiger partial charge on any atom is 0.341 e. The Morgan fingerprint density at radius 2 is 2.00 bits per heavy atom. The first-order chi connectivity index (χ1) is 7.47. The molecule has 0 amide bonds. The summed E-state index contributed by atoms with van der Waals surface area (Å²) in [6, 6.07) is 0.776. The lowest BCUT2D eigenvalue weighted by atomic mass is 10.1. The highest BCUT2D eigenvalue weighted by Gasteiger charge is 2.24. The molecule has 88 valence electrons. The smallest absolute Gasteiger partial charge is 0.341 e. The molecule has 0 atom stereocenters. The van der Waals surface area contributed by atoms with Gasteiger partial charge in [-0.05, 0) is 13.0 Å². The quantitative estimate of drug-likeness (QED) is 0.595. The molecule has 6 heteroatoms. The second kappa shape index (κ2) is 4.96. The van der Waals surface area contributed by atoms with Gasteiger partial charge in [0.15, 0.2) is 0 Å².